The highest BCUT2D eigenvalue weighted by Crippen LogP contribution is 2.33. The van der Waals surface area contributed by atoms with E-state index in [9.17, 15) is 0 Å². The number of halogens is 1. The van der Waals surface area contributed by atoms with E-state index in [0.717, 1.165) is 32.6 Å². The maximum absolute atomic E-state index is 5.52. The third-order valence-electron chi connectivity index (χ3n) is 4.17. The Kier molecular flexibility index (Phi) is 6.06. The van der Waals surface area contributed by atoms with Crippen LogP contribution in [0.15, 0.2) is 16.6 Å². The minimum absolute atomic E-state index is 0.462. The first kappa shape index (κ1) is 16.0. The Morgan fingerprint density at radius 1 is 1.25 bits per heavy atom. The molecule has 20 heavy (non-hydrogen) atoms. The van der Waals surface area contributed by atoms with E-state index in [2.05, 4.69) is 54.2 Å². The molecule has 0 aliphatic carbocycles. The van der Waals surface area contributed by atoms with Gasteiger partial charge in [-0.05, 0) is 62.3 Å². The average Bonchev–Trinajstić information content (AvgIpc) is 2.46. The summed E-state index contributed by atoms with van der Waals surface area (Å²) in [4.78, 5) is 0. The van der Waals surface area contributed by atoms with Crippen LogP contribution in [0.2, 0.25) is 0 Å². The molecular weight excluding hydrogens is 314 g/mol. The topological polar surface area (TPSA) is 21.3 Å². The van der Waals surface area contributed by atoms with Crippen LogP contribution in [0, 0.1) is 19.8 Å². The lowest BCUT2D eigenvalue weighted by Crippen LogP contribution is -2.32. The van der Waals surface area contributed by atoms with Gasteiger partial charge < -0.3 is 10.1 Å². The first-order valence-corrected chi connectivity index (χ1v) is 8.50. The molecule has 2 rings (SSSR count). The van der Waals surface area contributed by atoms with E-state index in [1.54, 1.807) is 0 Å². The number of nitrogens with one attached hydrogen (secondary N) is 1. The Labute approximate surface area is 131 Å². The molecule has 1 aliphatic heterocycles. The second-order valence-electron chi connectivity index (χ2n) is 5.85. The highest BCUT2D eigenvalue weighted by Gasteiger charge is 2.25. The Balaban J connectivity index is 2.25. The maximum atomic E-state index is 5.52. The molecule has 1 aliphatic rings. The van der Waals surface area contributed by atoms with E-state index in [0.29, 0.717) is 12.0 Å². The minimum atomic E-state index is 0.462. The highest BCUT2D eigenvalue weighted by atomic mass is 79.9. The van der Waals surface area contributed by atoms with E-state index < -0.39 is 0 Å². The normalized spacial score (nSPS) is 18.2. The van der Waals surface area contributed by atoms with Crippen molar-refractivity contribution >= 4 is 15.9 Å². The van der Waals surface area contributed by atoms with Crippen LogP contribution in [0.3, 0.4) is 0 Å². The van der Waals surface area contributed by atoms with E-state index in [4.69, 9.17) is 4.74 Å². The van der Waals surface area contributed by atoms with Crippen molar-refractivity contribution in [2.24, 2.45) is 5.92 Å². The van der Waals surface area contributed by atoms with Gasteiger partial charge in [-0.2, -0.15) is 0 Å². The number of hydrogen-bond donors (Lipinski definition) is 1. The molecule has 1 aromatic carbocycles. The van der Waals surface area contributed by atoms with E-state index in [1.807, 2.05) is 0 Å². The first-order chi connectivity index (χ1) is 9.63. The van der Waals surface area contributed by atoms with Crippen molar-refractivity contribution in [3.63, 3.8) is 0 Å². The van der Waals surface area contributed by atoms with Gasteiger partial charge in [0.15, 0.2) is 0 Å². The van der Waals surface area contributed by atoms with Gasteiger partial charge in [0.05, 0.1) is 0 Å². The molecule has 1 N–H and O–H groups in total. The van der Waals surface area contributed by atoms with Gasteiger partial charge in [0.25, 0.3) is 0 Å². The lowest BCUT2D eigenvalue weighted by atomic mass is 9.86. The molecule has 3 heteroatoms. The lowest BCUT2D eigenvalue weighted by molar-refractivity contribution is 0.0536. The zero-order chi connectivity index (χ0) is 14.5. The van der Waals surface area contributed by atoms with Crippen LogP contribution in [-0.4, -0.2) is 19.8 Å². The van der Waals surface area contributed by atoms with Gasteiger partial charge in [-0.25, -0.2) is 0 Å². The summed E-state index contributed by atoms with van der Waals surface area (Å²) in [5.74, 6) is 0.690. The van der Waals surface area contributed by atoms with Gasteiger partial charge in [0.1, 0.15) is 0 Å². The Morgan fingerprint density at radius 2 is 1.85 bits per heavy atom. The molecule has 0 saturated carbocycles. The van der Waals surface area contributed by atoms with Crippen LogP contribution in [0.1, 0.15) is 48.9 Å². The van der Waals surface area contributed by atoms with E-state index in [-0.39, 0.29) is 0 Å². The number of aryl methyl sites for hydroxylation is 2. The van der Waals surface area contributed by atoms with Crippen molar-refractivity contribution in [2.45, 2.75) is 46.1 Å². The van der Waals surface area contributed by atoms with Crippen LogP contribution in [-0.2, 0) is 4.74 Å². The Morgan fingerprint density at radius 3 is 2.40 bits per heavy atom. The summed E-state index contributed by atoms with van der Waals surface area (Å²) >= 11 is 3.67. The van der Waals surface area contributed by atoms with Gasteiger partial charge in [0.2, 0.25) is 0 Å². The fourth-order valence-corrected chi connectivity index (χ4v) is 3.29. The summed E-state index contributed by atoms with van der Waals surface area (Å²) in [6.45, 7) is 9.48. The summed E-state index contributed by atoms with van der Waals surface area (Å²) in [6.07, 6.45) is 3.50. The zero-order valence-electron chi connectivity index (χ0n) is 12.8. The standard InChI is InChI=1S/C17H26BrNO/c1-4-7-19-17(14-5-8-20-9-6-14)15-10-12(2)16(18)13(3)11-15/h10-11,14,17,19H,4-9H2,1-3H3. The molecule has 1 heterocycles. The summed E-state index contributed by atoms with van der Waals surface area (Å²) in [5.41, 5.74) is 4.09. The molecule has 0 amide bonds. The number of rotatable bonds is 5. The first-order valence-electron chi connectivity index (χ1n) is 7.71. The molecule has 0 spiro atoms. The molecule has 0 aromatic heterocycles. The van der Waals surface area contributed by atoms with Crippen LogP contribution < -0.4 is 5.32 Å². The SMILES string of the molecule is CCCNC(c1cc(C)c(Br)c(C)c1)C1CCOCC1. The molecule has 1 fully saturated rings. The number of benzene rings is 1. The van der Waals surface area contributed by atoms with Gasteiger partial charge in [-0.3, -0.25) is 0 Å². The maximum Gasteiger partial charge on any atom is 0.0469 e. The summed E-state index contributed by atoms with van der Waals surface area (Å²) < 4.78 is 6.76. The third kappa shape index (κ3) is 3.84. The molecule has 0 bridgehead atoms. The van der Waals surface area contributed by atoms with Gasteiger partial charge >= 0.3 is 0 Å². The van der Waals surface area contributed by atoms with Gasteiger partial charge in [-0.1, -0.05) is 35.0 Å². The van der Waals surface area contributed by atoms with Crippen molar-refractivity contribution in [2.75, 3.05) is 19.8 Å². The van der Waals surface area contributed by atoms with Crippen LogP contribution in [0.25, 0.3) is 0 Å². The predicted molar refractivity (Wildman–Crippen MR) is 88.2 cm³/mol. The molecule has 112 valence electrons. The lowest BCUT2D eigenvalue weighted by Gasteiger charge is -2.32. The highest BCUT2D eigenvalue weighted by molar-refractivity contribution is 9.10. The van der Waals surface area contributed by atoms with E-state index >= 15 is 0 Å². The summed E-state index contributed by atoms with van der Waals surface area (Å²) in [5, 5.41) is 3.76. The molecule has 1 unspecified atom stereocenters. The quantitative estimate of drug-likeness (QED) is 0.850. The third-order valence-corrected chi connectivity index (χ3v) is 5.42. The van der Waals surface area contributed by atoms with Crippen molar-refractivity contribution in [1.82, 2.24) is 5.32 Å². The van der Waals surface area contributed by atoms with E-state index in [1.165, 1.54) is 27.6 Å². The minimum Gasteiger partial charge on any atom is -0.381 e. The van der Waals surface area contributed by atoms with Crippen molar-refractivity contribution in [1.29, 1.82) is 0 Å². The van der Waals surface area contributed by atoms with Crippen LogP contribution >= 0.6 is 15.9 Å². The Hall–Kier alpha value is -0.380. The van der Waals surface area contributed by atoms with Crippen LogP contribution in [0.4, 0.5) is 0 Å². The fraction of sp³-hybridized carbons (Fsp3) is 0.647. The molecule has 2 nitrogen and oxygen atoms in total. The summed E-state index contributed by atoms with van der Waals surface area (Å²) in [6, 6.07) is 5.13. The van der Waals surface area contributed by atoms with Crippen molar-refractivity contribution in [3.05, 3.63) is 33.3 Å². The fourth-order valence-electron chi connectivity index (χ4n) is 3.06. The molecule has 1 aromatic rings. The second-order valence-corrected chi connectivity index (χ2v) is 6.64. The zero-order valence-corrected chi connectivity index (χ0v) is 14.4. The molecular formula is C17H26BrNO. The Bertz CT molecular complexity index is 418. The smallest absolute Gasteiger partial charge is 0.0469 e. The second kappa shape index (κ2) is 7.58. The molecule has 0 radical (unpaired) electrons. The number of ether oxygens (including phenoxy) is 1. The predicted octanol–water partition coefficient (Wildman–Crippen LogP) is 4.53. The van der Waals surface area contributed by atoms with Crippen LogP contribution in [0.5, 0.6) is 0 Å². The van der Waals surface area contributed by atoms with Crippen molar-refractivity contribution < 1.29 is 4.74 Å². The van der Waals surface area contributed by atoms with Gasteiger partial charge in [0, 0.05) is 23.7 Å². The molecule has 1 saturated heterocycles. The largest absolute Gasteiger partial charge is 0.381 e. The van der Waals surface area contributed by atoms with Crippen molar-refractivity contribution in [3.8, 4) is 0 Å². The summed E-state index contributed by atoms with van der Waals surface area (Å²) in [7, 11) is 0. The molecule has 1 atom stereocenters. The van der Waals surface area contributed by atoms with Gasteiger partial charge in [-0.15, -0.1) is 0 Å². The monoisotopic (exact) mass is 339 g/mol. The number of hydrogen-bond acceptors (Lipinski definition) is 2. The average molecular weight is 340 g/mol.